The minimum absolute atomic E-state index is 0.0775. The van der Waals surface area contributed by atoms with Crippen molar-refractivity contribution in [1.82, 2.24) is 19.7 Å². The topological polar surface area (TPSA) is 43.2 Å². The lowest BCUT2D eigenvalue weighted by Gasteiger charge is -2.31. The standard InChI is InChI=1S/C18H20N4OS/c1-14-13-24-18(19-14)17-12-21(9-10-23-17)11-15-7-8-22(20-15)16-5-3-2-4-6-16/h2-8,13,17H,9-12H2,1H3/t17-/m0/s1. The molecule has 0 unspecified atom stereocenters. The van der Waals surface area contributed by atoms with Crippen LogP contribution in [0, 0.1) is 6.92 Å². The number of hydrogen-bond acceptors (Lipinski definition) is 5. The molecule has 0 amide bonds. The van der Waals surface area contributed by atoms with Crippen molar-refractivity contribution in [1.29, 1.82) is 0 Å². The second kappa shape index (κ2) is 6.84. The Bertz CT molecular complexity index is 798. The average Bonchev–Trinajstić information content (AvgIpc) is 3.25. The van der Waals surface area contributed by atoms with Gasteiger partial charge in [-0.2, -0.15) is 5.10 Å². The van der Waals surface area contributed by atoms with Crippen molar-refractivity contribution in [2.75, 3.05) is 19.7 Å². The predicted octanol–water partition coefficient (Wildman–Crippen LogP) is 3.21. The van der Waals surface area contributed by atoms with Crippen molar-refractivity contribution in [3.8, 4) is 5.69 Å². The molecular weight excluding hydrogens is 320 g/mol. The van der Waals surface area contributed by atoms with Crippen molar-refractivity contribution < 1.29 is 4.74 Å². The molecule has 0 radical (unpaired) electrons. The van der Waals surface area contributed by atoms with Crippen molar-refractivity contribution in [2.24, 2.45) is 0 Å². The molecule has 3 heterocycles. The second-order valence-corrected chi connectivity index (χ2v) is 6.90. The maximum atomic E-state index is 5.90. The van der Waals surface area contributed by atoms with Crippen LogP contribution in [0.1, 0.15) is 22.5 Å². The number of nitrogens with zero attached hydrogens (tertiary/aromatic N) is 4. The van der Waals surface area contributed by atoms with Gasteiger partial charge in [-0.1, -0.05) is 18.2 Å². The van der Waals surface area contributed by atoms with E-state index in [-0.39, 0.29) is 6.10 Å². The normalized spacial score (nSPS) is 18.8. The third-order valence-corrected chi connectivity index (χ3v) is 5.17. The molecule has 0 spiro atoms. The van der Waals surface area contributed by atoms with E-state index in [0.29, 0.717) is 0 Å². The Balaban J connectivity index is 1.43. The summed E-state index contributed by atoms with van der Waals surface area (Å²) in [5, 5.41) is 7.86. The summed E-state index contributed by atoms with van der Waals surface area (Å²) in [7, 11) is 0. The van der Waals surface area contributed by atoms with Crippen molar-refractivity contribution in [2.45, 2.75) is 19.6 Å². The number of hydrogen-bond donors (Lipinski definition) is 0. The predicted molar refractivity (Wildman–Crippen MR) is 94.4 cm³/mol. The molecule has 5 nitrogen and oxygen atoms in total. The first-order valence-corrected chi connectivity index (χ1v) is 9.02. The van der Waals surface area contributed by atoms with Crippen LogP contribution in [0.25, 0.3) is 5.69 Å². The highest BCUT2D eigenvalue weighted by Crippen LogP contribution is 2.25. The van der Waals surface area contributed by atoms with Crippen LogP contribution in [-0.2, 0) is 11.3 Å². The lowest BCUT2D eigenvalue weighted by atomic mass is 10.2. The number of ether oxygens (including phenoxy) is 1. The summed E-state index contributed by atoms with van der Waals surface area (Å²) in [6.45, 7) is 5.40. The van der Waals surface area contributed by atoms with E-state index in [0.717, 1.165) is 48.3 Å². The van der Waals surface area contributed by atoms with Gasteiger partial charge >= 0.3 is 0 Å². The van der Waals surface area contributed by atoms with Gasteiger partial charge in [-0.15, -0.1) is 11.3 Å². The van der Waals surface area contributed by atoms with Crippen LogP contribution in [0.4, 0.5) is 0 Å². The maximum Gasteiger partial charge on any atom is 0.123 e. The fraction of sp³-hybridized carbons (Fsp3) is 0.333. The number of para-hydroxylation sites is 1. The van der Waals surface area contributed by atoms with Gasteiger partial charge in [0.05, 0.1) is 18.0 Å². The summed E-state index contributed by atoms with van der Waals surface area (Å²) in [5.41, 5.74) is 3.23. The van der Waals surface area contributed by atoms with E-state index in [2.05, 4.69) is 33.5 Å². The average molecular weight is 340 g/mol. The monoisotopic (exact) mass is 340 g/mol. The zero-order chi connectivity index (χ0) is 16.4. The van der Waals surface area contributed by atoms with E-state index in [4.69, 9.17) is 9.84 Å². The van der Waals surface area contributed by atoms with Gasteiger partial charge < -0.3 is 4.74 Å². The Kier molecular flexibility index (Phi) is 4.42. The van der Waals surface area contributed by atoms with Gasteiger partial charge in [-0.3, -0.25) is 4.90 Å². The first kappa shape index (κ1) is 15.5. The molecule has 1 fully saturated rings. The van der Waals surface area contributed by atoms with Crippen molar-refractivity contribution in [3.63, 3.8) is 0 Å². The van der Waals surface area contributed by atoms with Crippen LogP contribution >= 0.6 is 11.3 Å². The summed E-state index contributed by atoms with van der Waals surface area (Å²) in [6, 6.07) is 12.3. The van der Waals surface area contributed by atoms with E-state index >= 15 is 0 Å². The van der Waals surface area contributed by atoms with Crippen LogP contribution < -0.4 is 0 Å². The zero-order valence-corrected chi connectivity index (χ0v) is 14.4. The van der Waals surface area contributed by atoms with Gasteiger partial charge in [-0.25, -0.2) is 9.67 Å². The number of rotatable bonds is 4. The number of benzene rings is 1. The number of morpholine rings is 1. The first-order valence-electron chi connectivity index (χ1n) is 8.14. The lowest BCUT2D eigenvalue weighted by Crippen LogP contribution is -2.37. The molecule has 24 heavy (non-hydrogen) atoms. The molecule has 0 bridgehead atoms. The van der Waals surface area contributed by atoms with E-state index in [9.17, 15) is 0 Å². The third kappa shape index (κ3) is 3.40. The lowest BCUT2D eigenvalue weighted by molar-refractivity contribution is -0.0334. The molecule has 124 valence electrons. The van der Waals surface area contributed by atoms with Crippen LogP contribution in [0.15, 0.2) is 48.0 Å². The molecule has 1 aliphatic heterocycles. The Morgan fingerprint density at radius 1 is 1.25 bits per heavy atom. The Labute approximate surface area is 145 Å². The van der Waals surface area contributed by atoms with Gasteiger partial charge in [0.15, 0.2) is 0 Å². The second-order valence-electron chi connectivity index (χ2n) is 6.01. The molecule has 1 aromatic carbocycles. The SMILES string of the molecule is Cc1csc([C@@H]2CN(Cc3ccn(-c4ccccc4)n3)CCO2)n1. The zero-order valence-electron chi connectivity index (χ0n) is 13.6. The smallest absolute Gasteiger partial charge is 0.123 e. The molecule has 0 N–H and O–H groups in total. The van der Waals surface area contributed by atoms with E-state index in [1.807, 2.05) is 36.0 Å². The third-order valence-electron chi connectivity index (χ3n) is 4.11. The Morgan fingerprint density at radius 3 is 2.92 bits per heavy atom. The summed E-state index contributed by atoms with van der Waals surface area (Å²) in [6.07, 6.45) is 2.10. The molecule has 3 aromatic rings. The van der Waals surface area contributed by atoms with Gasteiger partial charge in [0, 0.05) is 36.9 Å². The number of thiazole rings is 1. The molecule has 0 saturated carbocycles. The summed E-state index contributed by atoms with van der Waals surface area (Å²) < 4.78 is 7.83. The molecule has 4 rings (SSSR count). The summed E-state index contributed by atoms with van der Waals surface area (Å²) >= 11 is 1.68. The van der Waals surface area contributed by atoms with Crippen LogP contribution in [0.3, 0.4) is 0 Å². The fourth-order valence-electron chi connectivity index (χ4n) is 2.92. The van der Waals surface area contributed by atoms with E-state index < -0.39 is 0 Å². The summed E-state index contributed by atoms with van der Waals surface area (Å²) in [5.74, 6) is 0. The molecular formula is C18H20N4OS. The molecule has 6 heteroatoms. The largest absolute Gasteiger partial charge is 0.368 e. The van der Waals surface area contributed by atoms with Gasteiger partial charge in [0.1, 0.15) is 11.1 Å². The fourth-order valence-corrected chi connectivity index (χ4v) is 3.75. The van der Waals surface area contributed by atoms with Crippen molar-refractivity contribution >= 4 is 11.3 Å². The maximum absolute atomic E-state index is 5.90. The molecule has 1 atom stereocenters. The molecule has 0 aliphatic carbocycles. The minimum Gasteiger partial charge on any atom is -0.368 e. The Hall–Kier alpha value is -2.02. The molecule has 1 aliphatic rings. The van der Waals surface area contributed by atoms with Crippen LogP contribution in [0.2, 0.25) is 0 Å². The quantitative estimate of drug-likeness (QED) is 0.731. The number of aryl methyl sites for hydroxylation is 1. The Morgan fingerprint density at radius 2 is 2.12 bits per heavy atom. The number of aromatic nitrogens is 3. The first-order chi connectivity index (χ1) is 11.8. The molecule has 2 aromatic heterocycles. The van der Waals surface area contributed by atoms with Gasteiger partial charge in [0.2, 0.25) is 0 Å². The van der Waals surface area contributed by atoms with E-state index in [1.165, 1.54) is 0 Å². The van der Waals surface area contributed by atoms with Gasteiger partial charge in [0.25, 0.3) is 0 Å². The van der Waals surface area contributed by atoms with Crippen LogP contribution in [-0.4, -0.2) is 39.4 Å². The highest BCUT2D eigenvalue weighted by Gasteiger charge is 2.24. The summed E-state index contributed by atoms with van der Waals surface area (Å²) in [4.78, 5) is 6.96. The highest BCUT2D eigenvalue weighted by atomic mass is 32.1. The molecule has 1 saturated heterocycles. The minimum atomic E-state index is 0.0775. The van der Waals surface area contributed by atoms with E-state index in [1.54, 1.807) is 11.3 Å². The van der Waals surface area contributed by atoms with Crippen LogP contribution in [0.5, 0.6) is 0 Å². The van der Waals surface area contributed by atoms with Crippen molar-refractivity contribution in [3.05, 3.63) is 64.4 Å². The highest BCUT2D eigenvalue weighted by molar-refractivity contribution is 7.09. The van der Waals surface area contributed by atoms with Gasteiger partial charge in [-0.05, 0) is 25.1 Å².